The third-order valence-electron chi connectivity index (χ3n) is 11.2. The van der Waals surface area contributed by atoms with E-state index < -0.39 is 0 Å². The summed E-state index contributed by atoms with van der Waals surface area (Å²) in [5.41, 5.74) is 6.09. The first-order chi connectivity index (χ1) is 29.5. The number of rotatable bonds is 6. The van der Waals surface area contributed by atoms with E-state index >= 15 is 0 Å². The second-order valence-electron chi connectivity index (χ2n) is 15.1. The van der Waals surface area contributed by atoms with Crippen molar-refractivity contribution in [3.05, 3.63) is 166 Å². The molecule has 4 aliphatic heterocycles. The molecule has 0 atom stereocenters. The summed E-state index contributed by atoms with van der Waals surface area (Å²) < 4.78 is 12.1. The van der Waals surface area contributed by atoms with Crippen molar-refractivity contribution in [3.8, 4) is 23.3 Å². The molecule has 0 amide bonds. The van der Waals surface area contributed by atoms with Crippen LogP contribution in [0.4, 0.5) is 11.4 Å². The van der Waals surface area contributed by atoms with Gasteiger partial charge in [0.05, 0.1) is 11.1 Å². The molecule has 0 spiro atoms. The predicted molar refractivity (Wildman–Crippen MR) is 240 cm³/mol. The van der Waals surface area contributed by atoms with Crippen LogP contribution in [0.25, 0.3) is 0 Å². The van der Waals surface area contributed by atoms with Crippen molar-refractivity contribution in [2.75, 3.05) is 65.4 Å². The summed E-state index contributed by atoms with van der Waals surface area (Å²) in [6, 6.07) is 40.3. The summed E-state index contributed by atoms with van der Waals surface area (Å²) in [6.07, 6.45) is 5.65. The van der Waals surface area contributed by atoms with Crippen LogP contribution in [0.1, 0.15) is 22.3 Å². The summed E-state index contributed by atoms with van der Waals surface area (Å²) in [7, 11) is 0. The minimum absolute atomic E-state index is 0.587. The first-order valence-electron chi connectivity index (χ1n) is 20.6. The normalized spacial score (nSPS) is 16.2. The van der Waals surface area contributed by atoms with Gasteiger partial charge in [-0.05, 0) is 84.6 Å². The van der Waals surface area contributed by atoms with Crippen LogP contribution in [0.3, 0.4) is 0 Å². The first-order valence-corrected chi connectivity index (χ1v) is 21.3. The van der Waals surface area contributed by atoms with E-state index in [-0.39, 0.29) is 0 Å². The molecule has 0 unspecified atom stereocenters. The molecule has 10 nitrogen and oxygen atoms in total. The zero-order chi connectivity index (χ0) is 40.7. The fourth-order valence-electron chi connectivity index (χ4n) is 7.88. The number of amidine groups is 2. The number of benzene rings is 4. The SMILES string of the molecule is Clc1ccc2c(c1)N=C(N1CCN(CCc3ccccc3)CC1)c1cccnc1O2.Clc1ccc2c(c1)N=C(N1CCN(CCc3ccccc3)CC1)c1cccnc1O2. The van der Waals surface area contributed by atoms with Crippen molar-refractivity contribution in [1.82, 2.24) is 29.6 Å². The molecule has 60 heavy (non-hydrogen) atoms. The molecule has 6 heterocycles. The highest BCUT2D eigenvalue weighted by Gasteiger charge is 2.28. The van der Waals surface area contributed by atoms with Gasteiger partial charge in [-0.25, -0.2) is 20.0 Å². The monoisotopic (exact) mass is 836 g/mol. The Kier molecular flexibility index (Phi) is 12.3. The van der Waals surface area contributed by atoms with Crippen LogP contribution >= 0.6 is 23.2 Å². The number of nitrogens with zero attached hydrogens (tertiary/aromatic N) is 8. The van der Waals surface area contributed by atoms with E-state index in [0.29, 0.717) is 33.3 Å². The number of pyridine rings is 2. The molecule has 4 aromatic carbocycles. The van der Waals surface area contributed by atoms with Gasteiger partial charge in [0.2, 0.25) is 11.8 Å². The summed E-state index contributed by atoms with van der Waals surface area (Å²) in [6.45, 7) is 9.82. The number of hydrogen-bond acceptors (Lipinski definition) is 10. The van der Waals surface area contributed by atoms with Crippen LogP contribution in [0.5, 0.6) is 23.3 Å². The van der Waals surface area contributed by atoms with Crippen molar-refractivity contribution in [2.24, 2.45) is 9.98 Å². The van der Waals surface area contributed by atoms with Gasteiger partial charge in [-0.1, -0.05) is 83.9 Å². The standard InChI is InChI=1S/2C24H23ClN4O/c2*25-19-8-9-22-21(17-19)27-23(20-7-4-11-26-24(20)30-22)29-15-13-28(14-16-29)12-10-18-5-2-1-3-6-18/h2*1-9,11,17H,10,12-16H2. The minimum Gasteiger partial charge on any atom is -0.436 e. The van der Waals surface area contributed by atoms with Gasteiger partial charge in [-0.2, -0.15) is 0 Å². The quantitative estimate of drug-likeness (QED) is 0.164. The lowest BCUT2D eigenvalue weighted by atomic mass is 10.1. The van der Waals surface area contributed by atoms with Crippen LogP contribution in [0.15, 0.2) is 144 Å². The number of fused-ring (bicyclic) bond motifs is 4. The molecule has 0 aliphatic carbocycles. The van der Waals surface area contributed by atoms with Crippen LogP contribution in [-0.4, -0.2) is 107 Å². The van der Waals surface area contributed by atoms with Crippen LogP contribution in [-0.2, 0) is 12.8 Å². The fourth-order valence-corrected chi connectivity index (χ4v) is 8.22. The van der Waals surface area contributed by atoms with Crippen molar-refractivity contribution in [1.29, 1.82) is 0 Å². The lowest BCUT2D eigenvalue weighted by molar-refractivity contribution is 0.184. The first kappa shape index (κ1) is 39.7. The van der Waals surface area contributed by atoms with E-state index in [9.17, 15) is 0 Å². The number of piperazine rings is 2. The fraction of sp³-hybridized carbons (Fsp3) is 0.250. The molecular formula is C48H46Cl2N8O2. The zero-order valence-corrected chi connectivity index (χ0v) is 34.8. The second kappa shape index (κ2) is 18.6. The average molecular weight is 838 g/mol. The topological polar surface area (TPSA) is 81.9 Å². The van der Waals surface area contributed by atoms with Gasteiger partial charge in [0, 0.05) is 87.9 Å². The lowest BCUT2D eigenvalue weighted by Gasteiger charge is -2.36. The van der Waals surface area contributed by atoms with E-state index in [4.69, 9.17) is 42.7 Å². The Morgan fingerprint density at radius 2 is 0.883 bits per heavy atom. The van der Waals surface area contributed by atoms with Gasteiger partial charge < -0.3 is 19.3 Å². The number of hydrogen-bond donors (Lipinski definition) is 0. The molecular weight excluding hydrogens is 791 g/mol. The molecule has 2 saturated heterocycles. The summed E-state index contributed by atoms with van der Waals surface area (Å²) in [5, 5.41) is 1.29. The maximum atomic E-state index is 6.22. The van der Waals surface area contributed by atoms with Crippen molar-refractivity contribution >= 4 is 46.2 Å². The van der Waals surface area contributed by atoms with Crippen molar-refractivity contribution in [2.45, 2.75) is 12.8 Å². The highest BCUT2D eigenvalue weighted by atomic mass is 35.5. The Hall–Kier alpha value is -5.78. The molecule has 304 valence electrons. The molecule has 0 saturated carbocycles. The second-order valence-corrected chi connectivity index (χ2v) is 16.0. The van der Waals surface area contributed by atoms with Crippen molar-refractivity contribution < 1.29 is 9.47 Å². The number of aliphatic imine (C=N–C) groups is 2. The van der Waals surface area contributed by atoms with E-state index in [1.54, 1.807) is 12.4 Å². The van der Waals surface area contributed by atoms with Gasteiger partial charge in [0.15, 0.2) is 11.5 Å². The predicted octanol–water partition coefficient (Wildman–Crippen LogP) is 9.56. The van der Waals surface area contributed by atoms with Gasteiger partial charge >= 0.3 is 0 Å². The molecule has 12 heteroatoms. The highest BCUT2D eigenvalue weighted by Crippen LogP contribution is 2.40. The Morgan fingerprint density at radius 3 is 1.30 bits per heavy atom. The number of halogens is 2. The number of aromatic nitrogens is 2. The van der Waals surface area contributed by atoms with Gasteiger partial charge in [0.1, 0.15) is 23.0 Å². The van der Waals surface area contributed by atoms with Gasteiger partial charge in [-0.15, -0.1) is 0 Å². The average Bonchev–Trinajstić information content (AvgIpc) is 3.56. The molecule has 6 aromatic rings. The van der Waals surface area contributed by atoms with E-state index in [2.05, 4.69) is 90.2 Å². The van der Waals surface area contributed by atoms with Crippen LogP contribution in [0, 0.1) is 0 Å². The third kappa shape index (κ3) is 9.48. The van der Waals surface area contributed by atoms with E-state index in [1.807, 2.05) is 60.7 Å². The Labute approximate surface area is 361 Å². The summed E-state index contributed by atoms with van der Waals surface area (Å²) in [4.78, 5) is 28.5. The maximum absolute atomic E-state index is 6.22. The molecule has 2 fully saturated rings. The Balaban J connectivity index is 0.000000154. The summed E-state index contributed by atoms with van der Waals surface area (Å²) >= 11 is 12.4. The van der Waals surface area contributed by atoms with Crippen molar-refractivity contribution in [3.63, 3.8) is 0 Å². The lowest BCUT2D eigenvalue weighted by Crippen LogP contribution is -2.49. The molecule has 2 aromatic heterocycles. The molecule has 4 aliphatic rings. The molecule has 0 N–H and O–H groups in total. The molecule has 0 bridgehead atoms. The van der Waals surface area contributed by atoms with Gasteiger partial charge in [-0.3, -0.25) is 9.80 Å². The van der Waals surface area contributed by atoms with Crippen LogP contribution in [0.2, 0.25) is 10.0 Å². The molecule has 10 rings (SSSR count). The Morgan fingerprint density at radius 1 is 0.467 bits per heavy atom. The zero-order valence-electron chi connectivity index (χ0n) is 33.3. The maximum Gasteiger partial charge on any atom is 0.230 e. The van der Waals surface area contributed by atoms with Gasteiger partial charge in [0.25, 0.3) is 0 Å². The largest absolute Gasteiger partial charge is 0.436 e. The van der Waals surface area contributed by atoms with E-state index in [0.717, 1.165) is 112 Å². The smallest absolute Gasteiger partial charge is 0.230 e. The van der Waals surface area contributed by atoms with Crippen LogP contribution < -0.4 is 9.47 Å². The van der Waals surface area contributed by atoms with E-state index in [1.165, 1.54) is 11.1 Å². The Bertz CT molecular complexity index is 2300. The molecule has 0 radical (unpaired) electrons. The minimum atomic E-state index is 0.587. The third-order valence-corrected chi connectivity index (χ3v) is 11.7. The summed E-state index contributed by atoms with van der Waals surface area (Å²) in [5.74, 6) is 4.34. The number of ether oxygens (including phenoxy) is 2. The highest BCUT2D eigenvalue weighted by molar-refractivity contribution is 6.31.